The zero-order valence-electron chi connectivity index (χ0n) is 14.6. The quantitative estimate of drug-likeness (QED) is 0.905. The summed E-state index contributed by atoms with van der Waals surface area (Å²) < 4.78 is 3.93. The maximum Gasteiger partial charge on any atom is 0.271 e. The smallest absolute Gasteiger partial charge is 0.271 e. The minimum Gasteiger partial charge on any atom is -0.272 e. The van der Waals surface area contributed by atoms with Crippen molar-refractivity contribution in [3.63, 3.8) is 0 Å². The number of hydrogen-bond donors (Lipinski definition) is 1. The number of fused-ring (bicyclic) bond motifs is 1. The van der Waals surface area contributed by atoms with Gasteiger partial charge in [0, 0.05) is 18.3 Å². The molecule has 4 rings (SSSR count). The Balaban J connectivity index is 1.90. The van der Waals surface area contributed by atoms with E-state index in [2.05, 4.69) is 17.1 Å². The van der Waals surface area contributed by atoms with E-state index in [4.69, 9.17) is 4.99 Å². The van der Waals surface area contributed by atoms with Gasteiger partial charge in [-0.3, -0.25) is 19.3 Å². The van der Waals surface area contributed by atoms with Gasteiger partial charge in [-0.2, -0.15) is 5.10 Å². The Hall–Kier alpha value is -1.76. The van der Waals surface area contributed by atoms with Gasteiger partial charge in [0.1, 0.15) is 0 Å². The van der Waals surface area contributed by atoms with Crippen LogP contribution in [0, 0.1) is 13.8 Å². The third-order valence-electron chi connectivity index (χ3n) is 5.27. The molecule has 1 fully saturated rings. The molecule has 1 atom stereocenters. The van der Waals surface area contributed by atoms with Crippen molar-refractivity contribution < 1.29 is 0 Å². The predicted octanol–water partition coefficient (Wildman–Crippen LogP) is 3.53. The van der Waals surface area contributed by atoms with Crippen molar-refractivity contribution in [3.05, 3.63) is 32.9 Å². The molecule has 0 saturated heterocycles. The van der Waals surface area contributed by atoms with Gasteiger partial charge in [-0.15, -0.1) is 0 Å². The zero-order chi connectivity index (χ0) is 17.0. The number of rotatable bonds is 2. The fourth-order valence-corrected chi connectivity index (χ4v) is 5.28. The maximum atomic E-state index is 12.8. The Morgan fingerprint density at radius 2 is 1.88 bits per heavy atom. The zero-order valence-corrected chi connectivity index (χ0v) is 15.4. The SMILES string of the molecule is CC1=Nc2c(c(=O)[nH]n2C2CCCC2)C(c2c(C)nn(C)c2C)S1. The first-order chi connectivity index (χ1) is 11.5. The van der Waals surface area contributed by atoms with E-state index < -0.39 is 0 Å². The highest BCUT2D eigenvalue weighted by Gasteiger charge is 2.35. The van der Waals surface area contributed by atoms with Crippen LogP contribution in [0.5, 0.6) is 0 Å². The van der Waals surface area contributed by atoms with Gasteiger partial charge in [-0.25, -0.2) is 4.99 Å². The molecule has 1 unspecified atom stereocenters. The Labute approximate surface area is 145 Å². The Morgan fingerprint density at radius 3 is 2.50 bits per heavy atom. The second kappa shape index (κ2) is 5.65. The monoisotopic (exact) mass is 345 g/mol. The first-order valence-corrected chi connectivity index (χ1v) is 9.41. The fraction of sp³-hybridized carbons (Fsp3) is 0.588. The maximum absolute atomic E-state index is 12.8. The largest absolute Gasteiger partial charge is 0.272 e. The molecule has 2 aliphatic rings. The van der Waals surface area contributed by atoms with E-state index in [1.165, 1.54) is 12.8 Å². The van der Waals surface area contributed by atoms with Crippen LogP contribution in [0.15, 0.2) is 9.79 Å². The minimum atomic E-state index is -0.0300. The van der Waals surface area contributed by atoms with E-state index in [1.807, 2.05) is 30.3 Å². The van der Waals surface area contributed by atoms with Gasteiger partial charge in [0.2, 0.25) is 0 Å². The summed E-state index contributed by atoms with van der Waals surface area (Å²) in [5.74, 6) is 0.829. The number of H-pyrrole nitrogens is 1. The molecule has 1 saturated carbocycles. The Bertz CT molecular complexity index is 882. The second-order valence-electron chi connectivity index (χ2n) is 6.82. The normalized spacial score (nSPS) is 21.2. The molecule has 128 valence electrons. The van der Waals surface area contributed by atoms with Gasteiger partial charge in [-0.1, -0.05) is 24.6 Å². The van der Waals surface area contributed by atoms with Crippen molar-refractivity contribution in [3.8, 4) is 0 Å². The van der Waals surface area contributed by atoms with E-state index in [-0.39, 0.29) is 10.8 Å². The van der Waals surface area contributed by atoms with E-state index in [0.717, 1.165) is 46.2 Å². The Kier molecular flexibility index (Phi) is 3.71. The lowest BCUT2D eigenvalue weighted by molar-refractivity contribution is 0.468. The lowest BCUT2D eigenvalue weighted by Crippen LogP contribution is -2.14. The van der Waals surface area contributed by atoms with Crippen LogP contribution in [0.4, 0.5) is 5.82 Å². The topological polar surface area (TPSA) is 68.0 Å². The molecule has 0 amide bonds. The van der Waals surface area contributed by atoms with Crippen LogP contribution >= 0.6 is 11.8 Å². The molecule has 1 aliphatic heterocycles. The number of hydrogen-bond acceptors (Lipinski definition) is 4. The lowest BCUT2D eigenvalue weighted by atomic mass is 10.0. The summed E-state index contributed by atoms with van der Waals surface area (Å²) in [6, 6.07) is 0.373. The van der Waals surface area contributed by atoms with Crippen LogP contribution < -0.4 is 5.56 Å². The molecule has 1 aliphatic carbocycles. The van der Waals surface area contributed by atoms with Crippen molar-refractivity contribution in [1.82, 2.24) is 19.6 Å². The highest BCUT2D eigenvalue weighted by molar-refractivity contribution is 8.14. The van der Waals surface area contributed by atoms with Crippen LogP contribution in [0.1, 0.15) is 66.4 Å². The number of thioether (sulfide) groups is 1. The van der Waals surface area contributed by atoms with Crippen molar-refractivity contribution in [2.24, 2.45) is 12.0 Å². The van der Waals surface area contributed by atoms with Crippen molar-refractivity contribution >= 4 is 22.6 Å². The van der Waals surface area contributed by atoms with Crippen molar-refractivity contribution in [2.45, 2.75) is 57.7 Å². The van der Waals surface area contributed by atoms with Crippen LogP contribution in [0.3, 0.4) is 0 Å². The summed E-state index contributed by atoms with van der Waals surface area (Å²) in [5.41, 5.74) is 4.03. The van der Waals surface area contributed by atoms with Gasteiger partial charge in [0.05, 0.1) is 27.6 Å². The van der Waals surface area contributed by atoms with Crippen molar-refractivity contribution in [2.75, 3.05) is 0 Å². The first kappa shape index (κ1) is 15.7. The summed E-state index contributed by atoms with van der Waals surface area (Å²) in [6.07, 6.45) is 4.69. The molecule has 0 bridgehead atoms. The average molecular weight is 345 g/mol. The summed E-state index contributed by atoms with van der Waals surface area (Å²) in [4.78, 5) is 17.5. The number of aryl methyl sites for hydroxylation is 2. The molecule has 7 heteroatoms. The highest BCUT2D eigenvalue weighted by Crippen LogP contribution is 2.46. The van der Waals surface area contributed by atoms with Crippen LogP contribution in [0.25, 0.3) is 0 Å². The third-order valence-corrected chi connectivity index (χ3v) is 6.41. The summed E-state index contributed by atoms with van der Waals surface area (Å²) in [6.45, 7) is 6.11. The predicted molar refractivity (Wildman–Crippen MR) is 97.4 cm³/mol. The van der Waals surface area contributed by atoms with E-state index >= 15 is 0 Å². The summed E-state index contributed by atoms with van der Waals surface area (Å²) >= 11 is 1.66. The molecule has 1 N–H and O–H groups in total. The van der Waals surface area contributed by atoms with Gasteiger partial charge in [-0.05, 0) is 33.6 Å². The molecular weight excluding hydrogens is 322 g/mol. The minimum absolute atomic E-state index is 0.00620. The van der Waals surface area contributed by atoms with E-state index in [9.17, 15) is 4.79 Å². The number of aliphatic imine (C=N–C) groups is 1. The number of aromatic nitrogens is 4. The molecule has 2 aromatic rings. The average Bonchev–Trinajstić information content (AvgIpc) is 3.20. The number of nitrogens with zero attached hydrogens (tertiary/aromatic N) is 4. The molecule has 2 aromatic heterocycles. The molecule has 0 radical (unpaired) electrons. The van der Waals surface area contributed by atoms with E-state index in [1.54, 1.807) is 11.8 Å². The molecular formula is C17H23N5OS. The van der Waals surface area contributed by atoms with E-state index in [0.29, 0.717) is 6.04 Å². The Morgan fingerprint density at radius 1 is 1.17 bits per heavy atom. The van der Waals surface area contributed by atoms with Gasteiger partial charge >= 0.3 is 0 Å². The number of aromatic amines is 1. The molecule has 0 spiro atoms. The lowest BCUT2D eigenvalue weighted by Gasteiger charge is -2.22. The highest BCUT2D eigenvalue weighted by atomic mass is 32.2. The number of nitrogens with one attached hydrogen (secondary N) is 1. The summed E-state index contributed by atoms with van der Waals surface area (Å²) in [7, 11) is 1.95. The molecule has 6 nitrogen and oxygen atoms in total. The van der Waals surface area contributed by atoms with Gasteiger partial charge in [0.15, 0.2) is 5.82 Å². The second-order valence-corrected chi connectivity index (χ2v) is 8.12. The molecule has 0 aromatic carbocycles. The standard InChI is InChI=1S/C17H23N5OS/c1-9-13(10(2)21(4)19-9)15-14-16(18-11(3)24-15)22(20-17(14)23)12-7-5-6-8-12/h12,15H,5-8H2,1-4H3,(H,20,23). The van der Waals surface area contributed by atoms with Crippen LogP contribution in [-0.2, 0) is 7.05 Å². The van der Waals surface area contributed by atoms with Crippen molar-refractivity contribution in [1.29, 1.82) is 0 Å². The van der Waals surface area contributed by atoms with Crippen LogP contribution in [-0.4, -0.2) is 24.6 Å². The summed E-state index contributed by atoms with van der Waals surface area (Å²) in [5, 5.41) is 8.59. The fourth-order valence-electron chi connectivity index (χ4n) is 4.01. The van der Waals surface area contributed by atoms with Gasteiger partial charge < -0.3 is 0 Å². The third kappa shape index (κ3) is 2.29. The van der Waals surface area contributed by atoms with Gasteiger partial charge in [0.25, 0.3) is 5.56 Å². The molecule has 3 heterocycles. The first-order valence-electron chi connectivity index (χ1n) is 8.53. The molecule has 24 heavy (non-hydrogen) atoms. The van der Waals surface area contributed by atoms with Crippen LogP contribution in [0.2, 0.25) is 0 Å².